The van der Waals surface area contributed by atoms with Crippen LogP contribution in [0.5, 0.6) is 0 Å². The molecule has 0 spiro atoms. The van der Waals surface area contributed by atoms with E-state index in [1.165, 1.54) is 10.3 Å². The van der Waals surface area contributed by atoms with Gasteiger partial charge in [0, 0.05) is 29.9 Å². The summed E-state index contributed by atoms with van der Waals surface area (Å²) in [4.78, 5) is 13.7. The zero-order valence-electron chi connectivity index (χ0n) is 12.2. The molecule has 5 nitrogen and oxygen atoms in total. The second kappa shape index (κ2) is 5.19. The number of nitrogens with two attached hydrogens (primary N) is 1. The highest BCUT2D eigenvalue weighted by molar-refractivity contribution is 7.18. The largest absolute Gasteiger partial charge is 0.380 e. The summed E-state index contributed by atoms with van der Waals surface area (Å²) in [7, 11) is 2.13. The first-order valence-electron chi connectivity index (χ1n) is 7.53. The molecule has 0 aromatic carbocycles. The Labute approximate surface area is 128 Å². The number of thiophene rings is 1. The van der Waals surface area contributed by atoms with E-state index in [4.69, 9.17) is 10.5 Å². The van der Waals surface area contributed by atoms with Gasteiger partial charge in [0.05, 0.1) is 18.6 Å². The van der Waals surface area contributed by atoms with Gasteiger partial charge in [0.25, 0.3) is 0 Å². The molecule has 2 N–H and O–H groups in total. The molecule has 0 unspecified atom stereocenters. The summed E-state index contributed by atoms with van der Waals surface area (Å²) < 4.78 is 5.30. The lowest BCUT2D eigenvalue weighted by atomic mass is 10.1. The van der Waals surface area contributed by atoms with Crippen LogP contribution in [0, 0.1) is 0 Å². The Morgan fingerprint density at radius 1 is 1.33 bits per heavy atom. The molecule has 2 aliphatic rings. The average molecular weight is 304 g/mol. The quantitative estimate of drug-likeness (QED) is 0.941. The normalized spacial score (nSPS) is 26.2. The number of anilines is 1. The molecule has 3 heterocycles. The highest BCUT2D eigenvalue weighted by Gasteiger charge is 2.28. The zero-order valence-corrected chi connectivity index (χ0v) is 13.0. The standard InChI is InChI=1S/C15H20N4OS/c1-19(11-3-2-10(16)4-11)14-12-5-13(9-6-20-7-9)21-15(12)18-8-17-14/h5,8-11H,2-4,6-7,16H2,1H3/t10-,11+/m0/s1. The number of ether oxygens (including phenoxy) is 1. The van der Waals surface area contributed by atoms with Gasteiger partial charge < -0.3 is 15.4 Å². The third kappa shape index (κ3) is 2.31. The molecule has 0 bridgehead atoms. The Morgan fingerprint density at radius 3 is 2.86 bits per heavy atom. The van der Waals surface area contributed by atoms with Crippen molar-refractivity contribution >= 4 is 27.4 Å². The maximum atomic E-state index is 6.05. The van der Waals surface area contributed by atoms with Gasteiger partial charge in [0.15, 0.2) is 0 Å². The van der Waals surface area contributed by atoms with Crippen molar-refractivity contribution in [2.24, 2.45) is 5.73 Å². The first-order chi connectivity index (χ1) is 10.2. The lowest BCUT2D eigenvalue weighted by molar-refractivity contribution is 0.00991. The Hall–Kier alpha value is -1.24. The molecule has 2 aromatic heterocycles. The summed E-state index contributed by atoms with van der Waals surface area (Å²) in [6.45, 7) is 1.67. The van der Waals surface area contributed by atoms with Gasteiger partial charge in [-0.1, -0.05) is 0 Å². The van der Waals surface area contributed by atoms with Crippen molar-refractivity contribution in [2.45, 2.75) is 37.3 Å². The molecular weight excluding hydrogens is 284 g/mol. The van der Waals surface area contributed by atoms with Gasteiger partial charge in [-0.3, -0.25) is 0 Å². The summed E-state index contributed by atoms with van der Waals surface area (Å²) in [5.41, 5.74) is 6.05. The minimum absolute atomic E-state index is 0.333. The van der Waals surface area contributed by atoms with E-state index in [9.17, 15) is 0 Å². The fourth-order valence-electron chi connectivity index (χ4n) is 3.26. The first kappa shape index (κ1) is 13.4. The Balaban J connectivity index is 1.68. The van der Waals surface area contributed by atoms with Crippen LogP contribution in [-0.2, 0) is 4.74 Å². The van der Waals surface area contributed by atoms with Crippen LogP contribution in [0.15, 0.2) is 12.4 Å². The smallest absolute Gasteiger partial charge is 0.140 e. The summed E-state index contributed by atoms with van der Waals surface area (Å²) in [6.07, 6.45) is 4.99. The van der Waals surface area contributed by atoms with Gasteiger partial charge in [-0.05, 0) is 25.3 Å². The number of fused-ring (bicyclic) bond motifs is 1. The predicted molar refractivity (Wildman–Crippen MR) is 85.0 cm³/mol. The fraction of sp³-hybridized carbons (Fsp3) is 0.600. The van der Waals surface area contributed by atoms with E-state index in [0.29, 0.717) is 18.0 Å². The SMILES string of the molecule is CN(c1ncnc2sc(C3COC3)cc12)[C@@H]1CC[C@H](N)C1. The van der Waals surface area contributed by atoms with Crippen LogP contribution < -0.4 is 10.6 Å². The number of hydrogen-bond donors (Lipinski definition) is 1. The van der Waals surface area contributed by atoms with Crippen molar-refractivity contribution in [2.75, 3.05) is 25.2 Å². The van der Waals surface area contributed by atoms with E-state index < -0.39 is 0 Å². The molecule has 112 valence electrons. The summed E-state index contributed by atoms with van der Waals surface area (Å²) in [6, 6.07) is 3.09. The van der Waals surface area contributed by atoms with Gasteiger partial charge in [-0.2, -0.15) is 0 Å². The molecule has 2 aromatic rings. The number of aromatic nitrogens is 2. The van der Waals surface area contributed by atoms with Crippen molar-refractivity contribution in [3.05, 3.63) is 17.3 Å². The van der Waals surface area contributed by atoms with Crippen molar-refractivity contribution in [1.29, 1.82) is 0 Å². The minimum atomic E-state index is 0.333. The average Bonchev–Trinajstić information content (AvgIpc) is 3.01. The van der Waals surface area contributed by atoms with Gasteiger partial charge >= 0.3 is 0 Å². The zero-order chi connectivity index (χ0) is 14.4. The van der Waals surface area contributed by atoms with Crippen LogP contribution in [0.1, 0.15) is 30.1 Å². The molecule has 1 aliphatic carbocycles. The monoisotopic (exact) mass is 304 g/mol. The lowest BCUT2D eigenvalue weighted by Gasteiger charge is -2.26. The van der Waals surface area contributed by atoms with Crippen molar-refractivity contribution in [3.63, 3.8) is 0 Å². The number of nitrogens with zero attached hydrogens (tertiary/aromatic N) is 3. The molecule has 1 aliphatic heterocycles. The van der Waals surface area contributed by atoms with E-state index in [2.05, 4.69) is 28.0 Å². The fourth-order valence-corrected chi connectivity index (χ4v) is 4.32. The molecule has 2 fully saturated rings. The van der Waals surface area contributed by atoms with Crippen molar-refractivity contribution < 1.29 is 4.74 Å². The second-order valence-electron chi connectivity index (χ2n) is 6.14. The van der Waals surface area contributed by atoms with E-state index >= 15 is 0 Å². The van der Waals surface area contributed by atoms with Gasteiger partial charge in [0.1, 0.15) is 17.0 Å². The summed E-state index contributed by atoms with van der Waals surface area (Å²) in [5.74, 6) is 1.59. The molecule has 2 atom stereocenters. The third-order valence-corrected chi connectivity index (χ3v) is 5.90. The second-order valence-corrected chi connectivity index (χ2v) is 7.20. The predicted octanol–water partition coefficient (Wildman–Crippen LogP) is 2.12. The van der Waals surface area contributed by atoms with Crippen LogP contribution in [0.25, 0.3) is 10.2 Å². The molecule has 1 saturated carbocycles. The molecular formula is C15H20N4OS. The van der Waals surface area contributed by atoms with Crippen molar-refractivity contribution in [3.8, 4) is 0 Å². The third-order valence-electron chi connectivity index (χ3n) is 4.70. The maximum absolute atomic E-state index is 6.05. The van der Waals surface area contributed by atoms with E-state index in [-0.39, 0.29) is 0 Å². The Morgan fingerprint density at radius 2 is 2.19 bits per heavy atom. The first-order valence-corrected chi connectivity index (χ1v) is 8.34. The van der Waals surface area contributed by atoms with Crippen LogP contribution in [0.2, 0.25) is 0 Å². The molecule has 4 rings (SSSR count). The molecule has 21 heavy (non-hydrogen) atoms. The molecule has 1 saturated heterocycles. The molecule has 0 radical (unpaired) electrons. The Bertz CT molecular complexity index is 654. The van der Waals surface area contributed by atoms with Gasteiger partial charge in [-0.15, -0.1) is 11.3 Å². The number of hydrogen-bond acceptors (Lipinski definition) is 6. The number of rotatable bonds is 3. The van der Waals surface area contributed by atoms with Crippen LogP contribution in [0.4, 0.5) is 5.82 Å². The van der Waals surface area contributed by atoms with Gasteiger partial charge in [0.2, 0.25) is 0 Å². The molecule has 6 heteroatoms. The van der Waals surface area contributed by atoms with Crippen molar-refractivity contribution in [1.82, 2.24) is 9.97 Å². The van der Waals surface area contributed by atoms with E-state index in [1.54, 1.807) is 17.7 Å². The summed E-state index contributed by atoms with van der Waals surface area (Å²) >= 11 is 1.77. The van der Waals surface area contributed by atoms with Crippen LogP contribution in [0.3, 0.4) is 0 Å². The summed E-state index contributed by atoms with van der Waals surface area (Å²) in [5, 5.41) is 1.17. The van der Waals surface area contributed by atoms with E-state index in [1.807, 2.05) is 0 Å². The maximum Gasteiger partial charge on any atom is 0.140 e. The molecule has 0 amide bonds. The Kier molecular flexibility index (Phi) is 3.32. The lowest BCUT2D eigenvalue weighted by Crippen LogP contribution is -2.31. The van der Waals surface area contributed by atoms with Crippen LogP contribution in [-0.4, -0.2) is 42.3 Å². The highest BCUT2D eigenvalue weighted by atomic mass is 32.1. The van der Waals surface area contributed by atoms with Crippen LogP contribution >= 0.6 is 11.3 Å². The highest BCUT2D eigenvalue weighted by Crippen LogP contribution is 2.37. The topological polar surface area (TPSA) is 64.3 Å². The van der Waals surface area contributed by atoms with Gasteiger partial charge in [-0.25, -0.2) is 9.97 Å². The minimum Gasteiger partial charge on any atom is -0.380 e. The van der Waals surface area contributed by atoms with E-state index in [0.717, 1.165) is 43.1 Å².